The van der Waals surface area contributed by atoms with E-state index in [1.54, 1.807) is 0 Å². The maximum Gasteiger partial charge on any atom is 0.337 e. The molecule has 1 aromatic rings. The van der Waals surface area contributed by atoms with Gasteiger partial charge in [-0.05, 0) is 24.1 Å². The van der Waals surface area contributed by atoms with E-state index in [-0.39, 0.29) is 28.0 Å². The zero-order valence-corrected chi connectivity index (χ0v) is 12.0. The molecule has 0 amide bonds. The lowest BCUT2D eigenvalue weighted by molar-refractivity contribution is 0.0696. The van der Waals surface area contributed by atoms with Crippen molar-refractivity contribution in [3.8, 4) is 0 Å². The molecule has 19 heavy (non-hydrogen) atoms. The maximum absolute atomic E-state index is 11.8. The van der Waals surface area contributed by atoms with Crippen LogP contribution < -0.4 is 4.89 Å². The first kappa shape index (κ1) is 15.9. The average molecular weight is 308 g/mol. The van der Waals surface area contributed by atoms with Crippen LogP contribution in [0.25, 0.3) is 0 Å². The molecule has 1 rings (SSSR count). The molecule has 0 aliphatic heterocycles. The number of halogens is 1. The van der Waals surface area contributed by atoms with Gasteiger partial charge in [-0.1, -0.05) is 30.3 Å². The number of carboxylic acids is 1. The van der Waals surface area contributed by atoms with Crippen LogP contribution in [0.5, 0.6) is 0 Å². The van der Waals surface area contributed by atoms with Gasteiger partial charge in [0, 0.05) is 0 Å². The van der Waals surface area contributed by atoms with E-state index in [4.69, 9.17) is 21.5 Å². The number of sulfonamides is 1. The topological polar surface area (TPSA) is 92.7 Å². The normalized spacial score (nSPS) is 11.8. The fraction of sp³-hybridized carbons (Fsp3) is 0.364. The summed E-state index contributed by atoms with van der Waals surface area (Å²) in [5, 5.41) is 8.84. The molecule has 2 N–H and O–H groups in total. The number of benzene rings is 1. The first-order chi connectivity index (χ1) is 8.74. The average Bonchev–Trinajstić information content (AvgIpc) is 2.27. The summed E-state index contributed by atoms with van der Waals surface area (Å²) in [6.07, 6.45) is 0. The molecular formula is C11H14ClNO5S. The van der Waals surface area contributed by atoms with E-state index in [0.29, 0.717) is 0 Å². The van der Waals surface area contributed by atoms with Gasteiger partial charge in [0.05, 0.1) is 22.1 Å². The fourth-order valence-electron chi connectivity index (χ4n) is 1.16. The van der Waals surface area contributed by atoms with Crippen LogP contribution >= 0.6 is 11.6 Å². The molecule has 0 saturated carbocycles. The molecule has 6 nitrogen and oxygen atoms in total. The largest absolute Gasteiger partial charge is 0.478 e. The number of hydrogen-bond acceptors (Lipinski definition) is 4. The smallest absolute Gasteiger partial charge is 0.337 e. The highest BCUT2D eigenvalue weighted by molar-refractivity contribution is 7.89. The second kappa shape index (κ2) is 6.33. The number of nitrogens with one attached hydrogen (secondary N) is 1. The molecule has 0 heterocycles. The van der Waals surface area contributed by atoms with Gasteiger partial charge >= 0.3 is 5.97 Å². The zero-order valence-electron chi connectivity index (χ0n) is 10.4. The Balaban J connectivity index is 2.96. The molecule has 106 valence electrons. The quantitative estimate of drug-likeness (QED) is 0.783. The van der Waals surface area contributed by atoms with Gasteiger partial charge in [0.1, 0.15) is 0 Å². The van der Waals surface area contributed by atoms with Crippen molar-refractivity contribution < 1.29 is 23.2 Å². The van der Waals surface area contributed by atoms with E-state index in [1.165, 1.54) is 12.1 Å². The monoisotopic (exact) mass is 307 g/mol. The third kappa shape index (κ3) is 4.46. The summed E-state index contributed by atoms with van der Waals surface area (Å²) in [6.45, 7) is 3.93. The van der Waals surface area contributed by atoms with Gasteiger partial charge in [-0.2, -0.15) is 0 Å². The van der Waals surface area contributed by atoms with E-state index in [9.17, 15) is 13.2 Å². The Bertz CT molecular complexity index is 570. The minimum absolute atomic E-state index is 0.0328. The van der Waals surface area contributed by atoms with Crippen molar-refractivity contribution in [2.24, 2.45) is 5.92 Å². The Morgan fingerprint density at radius 2 is 2.11 bits per heavy atom. The van der Waals surface area contributed by atoms with E-state index in [1.807, 2.05) is 18.7 Å². The van der Waals surface area contributed by atoms with Crippen LogP contribution in [-0.2, 0) is 14.9 Å². The maximum atomic E-state index is 11.8. The molecule has 0 aromatic heterocycles. The standard InChI is InChI=1S/C11H14ClNO5S/c1-7(2)6-18-13-19(16,17)8-3-4-10(12)9(5-8)11(14)15/h3-5,7,13H,6H2,1-2H3,(H,14,15). The fourth-order valence-corrected chi connectivity index (χ4v) is 2.20. The molecule has 0 fully saturated rings. The molecule has 0 saturated heterocycles. The number of hydrogen-bond donors (Lipinski definition) is 2. The molecule has 0 radical (unpaired) electrons. The number of aromatic carboxylic acids is 1. The predicted octanol–water partition coefficient (Wildman–Crippen LogP) is 1.90. The molecule has 8 heteroatoms. The lowest BCUT2D eigenvalue weighted by Crippen LogP contribution is -2.26. The van der Waals surface area contributed by atoms with Gasteiger partial charge in [-0.25, -0.2) is 13.2 Å². The van der Waals surface area contributed by atoms with Crippen molar-refractivity contribution in [2.45, 2.75) is 18.7 Å². The first-order valence-corrected chi connectivity index (χ1v) is 7.26. The van der Waals surface area contributed by atoms with Crippen LogP contribution in [0.1, 0.15) is 24.2 Å². The molecule has 0 atom stereocenters. The van der Waals surface area contributed by atoms with Crippen LogP contribution in [0, 0.1) is 5.92 Å². The number of carbonyl (C=O) groups is 1. The Morgan fingerprint density at radius 1 is 1.47 bits per heavy atom. The van der Waals surface area contributed by atoms with E-state index < -0.39 is 16.0 Å². The highest BCUT2D eigenvalue weighted by Crippen LogP contribution is 2.20. The van der Waals surface area contributed by atoms with Gasteiger partial charge in [0.25, 0.3) is 10.0 Å². The SMILES string of the molecule is CC(C)CONS(=O)(=O)c1ccc(Cl)c(C(=O)O)c1. The van der Waals surface area contributed by atoms with Crippen LogP contribution in [0.2, 0.25) is 5.02 Å². The molecule has 0 bridgehead atoms. The van der Waals surface area contributed by atoms with Crippen LogP contribution in [-0.4, -0.2) is 26.1 Å². The summed E-state index contributed by atoms with van der Waals surface area (Å²) in [5.41, 5.74) is -0.284. The summed E-state index contributed by atoms with van der Waals surface area (Å²) < 4.78 is 23.7. The van der Waals surface area contributed by atoms with Crippen LogP contribution in [0.4, 0.5) is 0 Å². The minimum Gasteiger partial charge on any atom is -0.478 e. The molecular weight excluding hydrogens is 294 g/mol. The van der Waals surface area contributed by atoms with Crippen LogP contribution in [0.3, 0.4) is 0 Å². The van der Waals surface area contributed by atoms with Gasteiger partial charge in [0.2, 0.25) is 0 Å². The molecule has 0 unspecified atom stereocenters. The summed E-state index contributed by atoms with van der Waals surface area (Å²) in [5.74, 6) is -1.15. The van der Waals surface area contributed by atoms with Crippen molar-refractivity contribution in [1.82, 2.24) is 4.89 Å². The zero-order chi connectivity index (χ0) is 14.6. The van der Waals surface area contributed by atoms with Crippen molar-refractivity contribution in [1.29, 1.82) is 0 Å². The van der Waals surface area contributed by atoms with Gasteiger partial charge in [-0.3, -0.25) is 4.84 Å². The van der Waals surface area contributed by atoms with Crippen molar-refractivity contribution in [2.75, 3.05) is 6.61 Å². The Labute approximate surface area is 116 Å². The predicted molar refractivity (Wildman–Crippen MR) is 69.5 cm³/mol. The van der Waals surface area contributed by atoms with E-state index in [2.05, 4.69) is 0 Å². The molecule has 1 aromatic carbocycles. The lowest BCUT2D eigenvalue weighted by atomic mass is 10.2. The van der Waals surface area contributed by atoms with E-state index in [0.717, 1.165) is 6.07 Å². The van der Waals surface area contributed by atoms with Crippen molar-refractivity contribution in [3.05, 3.63) is 28.8 Å². The molecule has 0 aliphatic rings. The number of carboxylic acid groups (broad SMARTS) is 1. The lowest BCUT2D eigenvalue weighted by Gasteiger charge is -2.09. The summed E-state index contributed by atoms with van der Waals surface area (Å²) >= 11 is 5.66. The van der Waals surface area contributed by atoms with Gasteiger partial charge in [-0.15, -0.1) is 0 Å². The minimum atomic E-state index is -3.92. The second-order valence-corrected chi connectivity index (χ2v) is 6.29. The van der Waals surface area contributed by atoms with Gasteiger partial charge in [0.15, 0.2) is 0 Å². The second-order valence-electron chi connectivity index (χ2n) is 4.24. The molecule has 0 aliphatic carbocycles. The summed E-state index contributed by atoms with van der Waals surface area (Å²) in [7, 11) is -3.92. The molecule has 0 spiro atoms. The van der Waals surface area contributed by atoms with Crippen molar-refractivity contribution >= 4 is 27.6 Å². The highest BCUT2D eigenvalue weighted by Gasteiger charge is 2.18. The Morgan fingerprint density at radius 3 is 2.63 bits per heavy atom. The number of rotatable bonds is 6. The third-order valence-corrected chi connectivity index (χ3v) is 3.61. The van der Waals surface area contributed by atoms with Gasteiger partial charge < -0.3 is 5.11 Å². The summed E-state index contributed by atoms with van der Waals surface area (Å²) in [6, 6.07) is 3.39. The van der Waals surface area contributed by atoms with Crippen LogP contribution in [0.15, 0.2) is 23.1 Å². The Kier molecular flexibility index (Phi) is 5.30. The van der Waals surface area contributed by atoms with E-state index >= 15 is 0 Å². The highest BCUT2D eigenvalue weighted by atomic mass is 35.5. The summed E-state index contributed by atoms with van der Waals surface area (Å²) in [4.78, 5) is 17.4. The third-order valence-electron chi connectivity index (χ3n) is 2.06. The van der Waals surface area contributed by atoms with Crippen molar-refractivity contribution in [3.63, 3.8) is 0 Å². The Hall–Kier alpha value is -1.15. The first-order valence-electron chi connectivity index (χ1n) is 5.40.